The van der Waals surface area contributed by atoms with Gasteiger partial charge in [-0.15, -0.1) is 0 Å². The molecule has 0 atom stereocenters. The van der Waals surface area contributed by atoms with Crippen LogP contribution in [0.4, 0.5) is 0 Å². The van der Waals surface area contributed by atoms with Crippen LogP contribution in [0.3, 0.4) is 0 Å². The fourth-order valence-electron chi connectivity index (χ4n) is 3.01. The Morgan fingerprint density at radius 3 is 2.00 bits per heavy atom. The lowest BCUT2D eigenvalue weighted by Gasteiger charge is -2.44. The van der Waals surface area contributed by atoms with Gasteiger partial charge in [0.1, 0.15) is 6.54 Å². The molecule has 30 heavy (non-hydrogen) atoms. The minimum absolute atomic E-state index is 0.0648. The lowest BCUT2D eigenvalue weighted by atomic mass is 10.00. The highest BCUT2D eigenvalue weighted by atomic mass is 32.2. The molecule has 0 aliphatic heterocycles. The van der Waals surface area contributed by atoms with Gasteiger partial charge in [0.25, 0.3) is 10.1 Å². The summed E-state index contributed by atoms with van der Waals surface area (Å²) in [6, 6.07) is 0. The number of quaternary nitrogens is 1. The molecule has 0 fully saturated rings. The topological polar surface area (TPSA) is 118 Å². The van der Waals surface area contributed by atoms with Crippen molar-refractivity contribution in [2.45, 2.75) is 32.7 Å². The van der Waals surface area contributed by atoms with Crippen molar-refractivity contribution in [1.82, 2.24) is 9.80 Å². The molecule has 176 valence electrons. The summed E-state index contributed by atoms with van der Waals surface area (Å²) in [5.41, 5.74) is -0.349. The predicted octanol–water partition coefficient (Wildman–Crippen LogP) is 0.00790. The van der Waals surface area contributed by atoms with Crippen molar-refractivity contribution in [3.05, 3.63) is 24.8 Å². The molecule has 0 bridgehead atoms. The van der Waals surface area contributed by atoms with E-state index >= 15 is 0 Å². The first-order valence-corrected chi connectivity index (χ1v) is 11.2. The zero-order chi connectivity index (χ0) is 24.3. The summed E-state index contributed by atoms with van der Waals surface area (Å²) in [5, 5.41) is 9.49. The normalized spacial score (nSPS) is 12.0. The van der Waals surface area contributed by atoms with E-state index in [1.165, 1.54) is 13.0 Å². The number of hydrogen-bond donors (Lipinski definition) is 1. The molecule has 0 aliphatic carbocycles. The molecule has 0 heterocycles. The molecule has 10 heteroatoms. The van der Waals surface area contributed by atoms with Gasteiger partial charge in [-0.2, -0.15) is 8.42 Å². The van der Waals surface area contributed by atoms with Crippen LogP contribution in [0.5, 0.6) is 0 Å². The number of nitrogens with zero attached hydrogens (tertiary/aromatic N) is 3. The van der Waals surface area contributed by atoms with Crippen LogP contribution in [0.2, 0.25) is 0 Å². The predicted molar refractivity (Wildman–Crippen MR) is 117 cm³/mol. The van der Waals surface area contributed by atoms with E-state index in [2.05, 4.69) is 13.2 Å². The lowest BCUT2D eigenvalue weighted by molar-refractivity contribution is -0.894. The Labute approximate surface area is 182 Å². The Morgan fingerprint density at radius 1 is 1.20 bits per heavy atom. The molecule has 0 rings (SSSR count). The number of carboxylic acids is 1. The van der Waals surface area contributed by atoms with Crippen LogP contribution in [0.15, 0.2) is 24.8 Å². The molecular weight excluding hydrogens is 410 g/mol. The molecule has 0 saturated carbocycles. The highest BCUT2D eigenvalue weighted by Gasteiger charge is 2.36. The van der Waals surface area contributed by atoms with Gasteiger partial charge >= 0.3 is 0 Å². The zero-order valence-corrected chi connectivity index (χ0v) is 20.3. The number of rotatable bonds is 12. The van der Waals surface area contributed by atoms with Gasteiger partial charge in [-0.05, 0) is 46.5 Å². The van der Waals surface area contributed by atoms with Gasteiger partial charge in [-0.1, -0.05) is 13.2 Å². The van der Waals surface area contributed by atoms with Crippen LogP contribution in [0.25, 0.3) is 0 Å². The third-order valence-electron chi connectivity index (χ3n) is 4.27. The van der Waals surface area contributed by atoms with Gasteiger partial charge in [0, 0.05) is 19.5 Å². The number of carbonyl (C=O) groups excluding carboxylic acids is 2. The van der Waals surface area contributed by atoms with Crippen LogP contribution >= 0.6 is 0 Å². The summed E-state index contributed by atoms with van der Waals surface area (Å²) in [6.45, 7) is 14.7. The molecule has 0 radical (unpaired) electrons. The van der Waals surface area contributed by atoms with Crippen molar-refractivity contribution in [3.63, 3.8) is 0 Å². The molecule has 0 saturated heterocycles. The number of aliphatic carboxylic acids is 1. The average molecular weight is 450 g/mol. The molecule has 0 aromatic heterocycles. The quantitative estimate of drug-likeness (QED) is 0.253. The second-order valence-corrected chi connectivity index (χ2v) is 10.4. The zero-order valence-electron chi connectivity index (χ0n) is 19.5. The SMILES string of the molecule is C=C(C)C(=O)[O-].C=CC(=O)N(CCN(C)C)C(C)(C)C[N+](C)(C)CCCS(=O)(=O)O. The number of carboxylic acid groups (broad SMARTS) is 1. The largest absolute Gasteiger partial charge is 0.545 e. The maximum absolute atomic E-state index is 12.3. The van der Waals surface area contributed by atoms with Crippen LogP contribution in [-0.2, 0) is 19.7 Å². The number of carbonyl (C=O) groups is 2. The first-order valence-electron chi connectivity index (χ1n) is 9.57. The molecule has 0 aromatic rings. The summed E-state index contributed by atoms with van der Waals surface area (Å²) in [7, 11) is 3.97. The van der Waals surface area contributed by atoms with Crippen molar-refractivity contribution in [2.24, 2.45) is 0 Å². The molecule has 0 spiro atoms. The van der Waals surface area contributed by atoms with E-state index < -0.39 is 21.6 Å². The number of hydrogen-bond acceptors (Lipinski definition) is 6. The van der Waals surface area contributed by atoms with Crippen LogP contribution in [0, 0.1) is 0 Å². The fourth-order valence-corrected chi connectivity index (χ4v) is 3.50. The van der Waals surface area contributed by atoms with Gasteiger partial charge < -0.3 is 24.2 Å². The number of amides is 1. The molecule has 0 unspecified atom stereocenters. The van der Waals surface area contributed by atoms with Gasteiger partial charge in [0.2, 0.25) is 5.91 Å². The van der Waals surface area contributed by atoms with E-state index in [4.69, 9.17) is 4.55 Å². The molecule has 0 aromatic carbocycles. The van der Waals surface area contributed by atoms with Gasteiger partial charge in [-0.3, -0.25) is 9.35 Å². The third kappa shape index (κ3) is 15.1. The molecule has 1 N–H and O–H groups in total. The Morgan fingerprint density at radius 2 is 1.67 bits per heavy atom. The second kappa shape index (κ2) is 12.8. The summed E-state index contributed by atoms with van der Waals surface area (Å²) in [5.74, 6) is -1.54. The van der Waals surface area contributed by atoms with Crippen molar-refractivity contribution in [3.8, 4) is 0 Å². The molecule has 0 aliphatic rings. The first kappa shape index (κ1) is 30.4. The second-order valence-electron chi connectivity index (χ2n) is 8.83. The van der Waals surface area contributed by atoms with Gasteiger partial charge in [0.15, 0.2) is 0 Å². The van der Waals surface area contributed by atoms with E-state index in [-0.39, 0.29) is 17.2 Å². The average Bonchev–Trinajstić information content (AvgIpc) is 2.51. The summed E-state index contributed by atoms with van der Waals surface area (Å²) in [4.78, 5) is 25.6. The van der Waals surface area contributed by atoms with Gasteiger partial charge in [0.05, 0.1) is 37.9 Å². The van der Waals surface area contributed by atoms with Crippen LogP contribution in [-0.4, -0.2) is 105 Å². The van der Waals surface area contributed by atoms with E-state index in [9.17, 15) is 23.1 Å². The minimum Gasteiger partial charge on any atom is -0.545 e. The lowest BCUT2D eigenvalue weighted by Crippen LogP contribution is -2.59. The summed E-state index contributed by atoms with van der Waals surface area (Å²) in [6.07, 6.45) is 1.70. The summed E-state index contributed by atoms with van der Waals surface area (Å²) >= 11 is 0. The summed E-state index contributed by atoms with van der Waals surface area (Å²) < 4.78 is 31.1. The fraction of sp³-hybridized carbons (Fsp3) is 0.700. The Balaban J connectivity index is 0. The van der Waals surface area contributed by atoms with E-state index in [1.807, 2.05) is 51.8 Å². The minimum atomic E-state index is -3.94. The van der Waals surface area contributed by atoms with E-state index in [1.54, 1.807) is 0 Å². The maximum atomic E-state index is 12.3. The highest BCUT2D eigenvalue weighted by Crippen LogP contribution is 2.20. The van der Waals surface area contributed by atoms with Crippen LogP contribution in [0.1, 0.15) is 27.2 Å². The highest BCUT2D eigenvalue weighted by molar-refractivity contribution is 7.85. The Kier molecular flexibility index (Phi) is 13.0. The van der Waals surface area contributed by atoms with E-state index in [0.717, 1.165) is 6.54 Å². The molecular formula is C20H39N3O6S. The van der Waals surface area contributed by atoms with Crippen LogP contribution < -0.4 is 5.11 Å². The van der Waals surface area contributed by atoms with Crippen molar-refractivity contribution in [1.29, 1.82) is 0 Å². The van der Waals surface area contributed by atoms with E-state index in [0.29, 0.717) is 30.5 Å². The molecule has 1 amide bonds. The Hall–Kier alpha value is -1.75. The monoisotopic (exact) mass is 449 g/mol. The van der Waals surface area contributed by atoms with Crippen molar-refractivity contribution >= 4 is 22.0 Å². The van der Waals surface area contributed by atoms with Crippen molar-refractivity contribution in [2.75, 3.05) is 60.1 Å². The third-order valence-corrected chi connectivity index (χ3v) is 5.08. The maximum Gasteiger partial charge on any atom is 0.265 e. The first-order chi connectivity index (χ1) is 13.3. The standard InChI is InChI=1S/C16H33N3O4S.C4H6O2/c1-8-15(20)18(11-10-17(4)5)16(2,3)14-19(6,7)12-9-13-24(21,22)23;1-3(2)4(5)6/h8H,1,9-14H2,2-7H3;1H2,2H3,(H,5,6). The molecule has 9 nitrogen and oxygen atoms in total. The number of likely N-dealkylation sites (N-methyl/N-ethyl adjacent to an activating group) is 2. The Bertz CT molecular complexity index is 687. The smallest absolute Gasteiger partial charge is 0.265 e. The van der Waals surface area contributed by atoms with Crippen molar-refractivity contribution < 1.29 is 32.1 Å². The van der Waals surface area contributed by atoms with Gasteiger partial charge in [-0.25, -0.2) is 0 Å².